The molecule has 0 saturated carbocycles. The van der Waals surface area contributed by atoms with Crippen LogP contribution in [0.5, 0.6) is 0 Å². The zero-order valence-electron chi connectivity index (χ0n) is 20.6. The number of pyridine rings is 1. The third-order valence-electron chi connectivity index (χ3n) is 5.64. The number of nitrogens with two attached hydrogens (primary N) is 1. The van der Waals surface area contributed by atoms with Crippen LogP contribution in [0.3, 0.4) is 0 Å². The first kappa shape index (κ1) is 32.3. The third kappa shape index (κ3) is 9.63. The van der Waals surface area contributed by atoms with E-state index < -0.39 is 29.7 Å². The molecule has 4 rings (SSSR count). The second-order valence-corrected chi connectivity index (χ2v) is 8.47. The SMILES string of the molecule is NCCNCc1cc[cH-]c1C[C@H](O)c1cc(-c2ccc(C(F)(F)F)cc2)nc(C(F)(F)F)c1.[Fe+2].c1cc[cH-]c1. The quantitative estimate of drug-likeness (QED) is 0.0984. The number of hydrogen-bond donors (Lipinski definition) is 3. The number of aliphatic hydroxyl groups is 1. The molecule has 4 N–H and O–H groups in total. The maximum absolute atomic E-state index is 13.5. The smallest absolute Gasteiger partial charge is 0.388 e. The molecule has 1 heterocycles. The first-order chi connectivity index (χ1) is 18.0. The average molecular weight is 591 g/mol. The summed E-state index contributed by atoms with van der Waals surface area (Å²) in [6.07, 6.45) is -10.6. The Labute approximate surface area is 233 Å². The fourth-order valence-electron chi connectivity index (χ4n) is 3.71. The summed E-state index contributed by atoms with van der Waals surface area (Å²) in [7, 11) is 0. The Balaban J connectivity index is 0.000000797. The largest absolute Gasteiger partial charge is 2.00 e. The molecule has 210 valence electrons. The topological polar surface area (TPSA) is 71.2 Å². The molecule has 4 aromatic rings. The molecule has 0 aliphatic carbocycles. The van der Waals surface area contributed by atoms with E-state index in [0.717, 1.165) is 41.5 Å². The van der Waals surface area contributed by atoms with Gasteiger partial charge in [-0.05, 0) is 42.8 Å². The molecule has 0 aliphatic rings. The number of nitrogens with zero attached hydrogens (tertiary/aromatic N) is 1. The van der Waals surface area contributed by atoms with Gasteiger partial charge in [-0.2, -0.15) is 67.8 Å². The molecule has 0 unspecified atom stereocenters. The standard InChI is InChI=1S/C23H22F6N3O.C5H5.Fe/c24-22(25,26)18-6-4-14(5-7-18)19-10-17(12-21(32-19)23(27,28)29)20(33)11-15-2-1-3-16(15)13-31-9-8-30;1-2-4-5-3-1;/h1-7,10,12,20,31,33H,8-9,11,13,30H2;1-5H;/q2*-1;+2/t20-;;/m0../s1. The van der Waals surface area contributed by atoms with Crippen molar-refractivity contribution in [2.24, 2.45) is 5.73 Å². The van der Waals surface area contributed by atoms with E-state index in [1.165, 1.54) is 6.07 Å². The van der Waals surface area contributed by atoms with Crippen LogP contribution in [0, 0.1) is 0 Å². The maximum Gasteiger partial charge on any atom is 2.00 e. The van der Waals surface area contributed by atoms with Crippen molar-refractivity contribution in [2.75, 3.05) is 13.1 Å². The second kappa shape index (κ2) is 14.4. The van der Waals surface area contributed by atoms with Crippen LogP contribution in [0.2, 0.25) is 0 Å². The monoisotopic (exact) mass is 591 g/mol. The van der Waals surface area contributed by atoms with Gasteiger partial charge in [0.25, 0.3) is 0 Å². The van der Waals surface area contributed by atoms with Gasteiger partial charge in [0.1, 0.15) is 5.69 Å². The number of benzene rings is 1. The molecule has 3 aromatic carbocycles. The van der Waals surface area contributed by atoms with Gasteiger partial charge in [-0.1, -0.05) is 12.1 Å². The van der Waals surface area contributed by atoms with Gasteiger partial charge in [-0.15, -0.1) is 0 Å². The number of alkyl halides is 6. The van der Waals surface area contributed by atoms with Gasteiger partial charge in [-0.3, -0.25) is 0 Å². The van der Waals surface area contributed by atoms with E-state index in [1.807, 2.05) is 36.4 Å². The van der Waals surface area contributed by atoms with E-state index >= 15 is 0 Å². The number of rotatable bonds is 8. The molecule has 1 aromatic heterocycles. The average Bonchev–Trinajstić information content (AvgIpc) is 3.59. The van der Waals surface area contributed by atoms with Crippen LogP contribution in [0.1, 0.15) is 34.1 Å². The first-order valence-corrected chi connectivity index (χ1v) is 11.7. The Kier molecular flexibility index (Phi) is 11.9. The number of aromatic nitrogens is 1. The van der Waals surface area contributed by atoms with Gasteiger partial charge in [0, 0.05) is 18.7 Å². The molecule has 11 heteroatoms. The normalized spacial score (nSPS) is 12.3. The summed E-state index contributed by atoms with van der Waals surface area (Å²) < 4.78 is 78.8. The summed E-state index contributed by atoms with van der Waals surface area (Å²) in [4.78, 5) is 3.57. The summed E-state index contributed by atoms with van der Waals surface area (Å²) >= 11 is 0. The molecule has 0 spiro atoms. The molecule has 1 atom stereocenters. The van der Waals surface area contributed by atoms with Gasteiger partial charge in [0.15, 0.2) is 0 Å². The van der Waals surface area contributed by atoms with Crippen LogP contribution in [0.4, 0.5) is 26.3 Å². The molecular formula is C28H27F6FeN3O. The zero-order chi connectivity index (χ0) is 27.8. The second-order valence-electron chi connectivity index (χ2n) is 8.47. The van der Waals surface area contributed by atoms with Crippen molar-refractivity contribution in [3.05, 3.63) is 113 Å². The number of halogens is 6. The minimum Gasteiger partial charge on any atom is -0.388 e. The van der Waals surface area contributed by atoms with Crippen LogP contribution in [0.25, 0.3) is 11.3 Å². The molecular weight excluding hydrogens is 564 g/mol. The summed E-state index contributed by atoms with van der Waals surface area (Å²) in [6.45, 7) is 1.53. The molecule has 0 fully saturated rings. The van der Waals surface area contributed by atoms with Crippen molar-refractivity contribution in [3.8, 4) is 11.3 Å². The molecule has 0 saturated heterocycles. The van der Waals surface area contributed by atoms with Gasteiger partial charge >= 0.3 is 29.4 Å². The predicted molar refractivity (Wildman–Crippen MR) is 133 cm³/mol. The Bertz CT molecular complexity index is 1230. The third-order valence-corrected chi connectivity index (χ3v) is 5.64. The zero-order valence-corrected chi connectivity index (χ0v) is 21.7. The van der Waals surface area contributed by atoms with E-state index in [1.54, 1.807) is 12.1 Å². The van der Waals surface area contributed by atoms with Crippen LogP contribution in [-0.2, 0) is 42.4 Å². The fraction of sp³-hybridized carbons (Fsp3) is 0.250. The van der Waals surface area contributed by atoms with Crippen LogP contribution < -0.4 is 11.1 Å². The number of aliphatic hydroxyl groups excluding tert-OH is 1. The van der Waals surface area contributed by atoms with Crippen LogP contribution >= 0.6 is 0 Å². The maximum atomic E-state index is 13.5. The van der Waals surface area contributed by atoms with Crippen molar-refractivity contribution in [3.63, 3.8) is 0 Å². The molecule has 0 amide bonds. The Morgan fingerprint density at radius 3 is 2.13 bits per heavy atom. The van der Waals surface area contributed by atoms with Crippen LogP contribution in [0.15, 0.2) is 84.9 Å². The summed E-state index contributed by atoms with van der Waals surface area (Å²) in [5.41, 5.74) is 4.79. The summed E-state index contributed by atoms with van der Waals surface area (Å²) in [6, 6.07) is 21.1. The Morgan fingerprint density at radius 1 is 0.923 bits per heavy atom. The van der Waals surface area contributed by atoms with E-state index in [-0.39, 0.29) is 40.3 Å². The predicted octanol–water partition coefficient (Wildman–Crippen LogP) is 6.23. The number of hydrogen-bond acceptors (Lipinski definition) is 4. The summed E-state index contributed by atoms with van der Waals surface area (Å²) in [5.74, 6) is 0. The molecule has 0 radical (unpaired) electrons. The van der Waals surface area contributed by atoms with Gasteiger partial charge < -0.3 is 16.2 Å². The summed E-state index contributed by atoms with van der Waals surface area (Å²) in [5, 5.41) is 13.8. The van der Waals surface area contributed by atoms with Crippen molar-refractivity contribution in [1.29, 1.82) is 0 Å². The molecule has 0 bridgehead atoms. The van der Waals surface area contributed by atoms with Crippen LogP contribution in [-0.4, -0.2) is 23.2 Å². The van der Waals surface area contributed by atoms with E-state index in [4.69, 9.17) is 5.73 Å². The molecule has 4 nitrogen and oxygen atoms in total. The minimum atomic E-state index is -4.80. The van der Waals surface area contributed by atoms with Crippen molar-refractivity contribution >= 4 is 0 Å². The Morgan fingerprint density at radius 2 is 1.59 bits per heavy atom. The molecule has 39 heavy (non-hydrogen) atoms. The molecule has 0 aliphatic heterocycles. The van der Waals surface area contributed by atoms with E-state index in [2.05, 4.69) is 10.3 Å². The number of nitrogens with one attached hydrogen (secondary N) is 1. The van der Waals surface area contributed by atoms with Crippen molar-refractivity contribution in [2.45, 2.75) is 31.4 Å². The van der Waals surface area contributed by atoms with Gasteiger partial charge in [-0.25, -0.2) is 23.2 Å². The minimum absolute atomic E-state index is 0. The van der Waals surface area contributed by atoms with E-state index in [0.29, 0.717) is 19.6 Å². The first-order valence-electron chi connectivity index (χ1n) is 11.7. The van der Waals surface area contributed by atoms with Crippen molar-refractivity contribution < 1.29 is 48.5 Å². The van der Waals surface area contributed by atoms with Crippen molar-refractivity contribution in [1.82, 2.24) is 10.3 Å². The van der Waals surface area contributed by atoms with E-state index in [9.17, 15) is 31.4 Å². The van der Waals surface area contributed by atoms with Gasteiger partial charge in [0.05, 0.1) is 17.4 Å². The Hall–Kier alpha value is -2.95. The van der Waals surface area contributed by atoms with Gasteiger partial charge in [0.2, 0.25) is 0 Å². The fourth-order valence-corrected chi connectivity index (χ4v) is 3.71.